The number of hydrogen-bond acceptors (Lipinski definition) is 7. The molecule has 33 heavy (non-hydrogen) atoms. The third-order valence-corrected chi connectivity index (χ3v) is 5.91. The van der Waals surface area contributed by atoms with E-state index >= 15 is 0 Å². The number of hydrogen-bond donors (Lipinski definition) is 2. The number of nitrogens with one attached hydrogen (secondary N) is 2. The lowest BCUT2D eigenvalue weighted by Gasteiger charge is -2.21. The van der Waals surface area contributed by atoms with Crippen molar-refractivity contribution in [2.75, 3.05) is 36.5 Å². The van der Waals surface area contributed by atoms with Crippen molar-refractivity contribution < 1.29 is 14.3 Å². The molecule has 0 radical (unpaired) electrons. The number of amides is 2. The predicted molar refractivity (Wildman–Crippen MR) is 121 cm³/mol. The third-order valence-electron chi connectivity index (χ3n) is 5.91. The molecule has 0 bridgehead atoms. The first-order valence-corrected chi connectivity index (χ1v) is 11.0. The molecule has 170 valence electrons. The van der Waals surface area contributed by atoms with Crippen molar-refractivity contribution in [2.45, 2.75) is 25.3 Å². The molecule has 0 unspecified atom stereocenters. The molecule has 3 aromatic rings. The highest BCUT2D eigenvalue weighted by atomic mass is 16.5. The molecule has 0 saturated carbocycles. The summed E-state index contributed by atoms with van der Waals surface area (Å²) in [4.78, 5) is 38.2. The number of carbonyl (C=O) groups is 2. The SMILES string of the molecule is CN1C(=O)[C@@H](NC(=O)c2n[nH]c(Cc3ccccc3)n2)COc2cc(N3CCCC3)ncc21. The third kappa shape index (κ3) is 4.36. The van der Waals surface area contributed by atoms with E-state index < -0.39 is 11.9 Å². The van der Waals surface area contributed by atoms with Gasteiger partial charge in [-0.15, -0.1) is 5.10 Å². The molecule has 2 aliphatic rings. The minimum Gasteiger partial charge on any atom is -0.488 e. The number of likely N-dealkylation sites (N-methyl/N-ethyl adjacent to an activating group) is 1. The normalized spacial score (nSPS) is 18.0. The van der Waals surface area contributed by atoms with Gasteiger partial charge < -0.3 is 19.9 Å². The van der Waals surface area contributed by atoms with E-state index in [9.17, 15) is 9.59 Å². The number of fused-ring (bicyclic) bond motifs is 1. The Hall–Kier alpha value is -3.95. The summed E-state index contributed by atoms with van der Waals surface area (Å²) in [6.07, 6.45) is 4.45. The van der Waals surface area contributed by atoms with Crippen molar-refractivity contribution >= 4 is 23.3 Å². The van der Waals surface area contributed by atoms with E-state index in [1.54, 1.807) is 13.2 Å². The van der Waals surface area contributed by atoms with Crippen LogP contribution in [-0.4, -0.2) is 64.8 Å². The van der Waals surface area contributed by atoms with Crippen LogP contribution in [0.15, 0.2) is 42.6 Å². The summed E-state index contributed by atoms with van der Waals surface area (Å²) < 4.78 is 5.93. The molecular formula is C23H25N7O3. The predicted octanol–water partition coefficient (Wildman–Crippen LogP) is 1.54. The van der Waals surface area contributed by atoms with E-state index in [-0.39, 0.29) is 18.3 Å². The average Bonchev–Trinajstić information content (AvgIpc) is 3.52. The van der Waals surface area contributed by atoms with E-state index in [0.717, 1.165) is 37.3 Å². The van der Waals surface area contributed by atoms with Crippen molar-refractivity contribution in [2.24, 2.45) is 0 Å². The second kappa shape index (κ2) is 8.89. The van der Waals surface area contributed by atoms with Gasteiger partial charge in [0.25, 0.3) is 11.8 Å². The summed E-state index contributed by atoms with van der Waals surface area (Å²) >= 11 is 0. The van der Waals surface area contributed by atoms with Crippen LogP contribution in [0, 0.1) is 0 Å². The summed E-state index contributed by atoms with van der Waals surface area (Å²) in [7, 11) is 1.65. The van der Waals surface area contributed by atoms with Crippen molar-refractivity contribution in [3.05, 3.63) is 59.8 Å². The molecular weight excluding hydrogens is 422 g/mol. The molecule has 1 saturated heterocycles. The molecule has 0 spiro atoms. The zero-order valence-corrected chi connectivity index (χ0v) is 18.3. The highest BCUT2D eigenvalue weighted by molar-refractivity contribution is 6.02. The Morgan fingerprint density at radius 2 is 2.03 bits per heavy atom. The lowest BCUT2D eigenvalue weighted by molar-refractivity contribution is -0.120. The van der Waals surface area contributed by atoms with Gasteiger partial charge in [-0.1, -0.05) is 30.3 Å². The lowest BCUT2D eigenvalue weighted by Crippen LogP contribution is -2.49. The number of aromatic amines is 1. The van der Waals surface area contributed by atoms with Crippen LogP contribution in [0.25, 0.3) is 0 Å². The van der Waals surface area contributed by atoms with Crippen LogP contribution in [0.3, 0.4) is 0 Å². The zero-order valence-electron chi connectivity index (χ0n) is 18.3. The monoisotopic (exact) mass is 447 g/mol. The summed E-state index contributed by atoms with van der Waals surface area (Å²) in [5.74, 6) is 1.13. The zero-order chi connectivity index (χ0) is 22.8. The number of rotatable bonds is 5. The fourth-order valence-corrected chi connectivity index (χ4v) is 4.09. The minimum atomic E-state index is -0.874. The van der Waals surface area contributed by atoms with E-state index in [1.807, 2.05) is 36.4 Å². The van der Waals surface area contributed by atoms with Crippen LogP contribution < -0.4 is 19.9 Å². The molecule has 2 aliphatic heterocycles. The van der Waals surface area contributed by atoms with E-state index in [4.69, 9.17) is 4.74 Å². The number of nitrogens with zero attached hydrogens (tertiary/aromatic N) is 5. The number of H-pyrrole nitrogens is 1. The van der Waals surface area contributed by atoms with Crippen LogP contribution >= 0.6 is 0 Å². The molecule has 1 fully saturated rings. The summed E-state index contributed by atoms with van der Waals surface area (Å²) in [5, 5.41) is 9.51. The Kier molecular flexibility index (Phi) is 5.64. The van der Waals surface area contributed by atoms with Gasteiger partial charge in [-0.05, 0) is 18.4 Å². The number of benzene rings is 1. The fourth-order valence-electron chi connectivity index (χ4n) is 4.09. The van der Waals surface area contributed by atoms with Gasteiger partial charge in [-0.3, -0.25) is 14.7 Å². The smallest absolute Gasteiger partial charge is 0.291 e. The maximum Gasteiger partial charge on any atom is 0.291 e. The van der Waals surface area contributed by atoms with Crippen LogP contribution in [-0.2, 0) is 11.2 Å². The Labute approximate surface area is 191 Å². The van der Waals surface area contributed by atoms with Crippen molar-refractivity contribution in [1.82, 2.24) is 25.5 Å². The van der Waals surface area contributed by atoms with Crippen LogP contribution in [0.2, 0.25) is 0 Å². The fraction of sp³-hybridized carbons (Fsp3) is 0.348. The van der Waals surface area contributed by atoms with Gasteiger partial charge in [-0.25, -0.2) is 9.97 Å². The van der Waals surface area contributed by atoms with Crippen molar-refractivity contribution in [1.29, 1.82) is 0 Å². The number of aromatic nitrogens is 4. The van der Waals surface area contributed by atoms with Crippen molar-refractivity contribution in [3.8, 4) is 5.75 Å². The van der Waals surface area contributed by atoms with Gasteiger partial charge in [0, 0.05) is 32.6 Å². The second-order valence-corrected chi connectivity index (χ2v) is 8.21. The molecule has 2 N–H and O–H groups in total. The number of pyridine rings is 1. The Balaban J connectivity index is 1.27. The van der Waals surface area contributed by atoms with E-state index in [1.165, 1.54) is 4.90 Å². The Bertz CT molecular complexity index is 1160. The van der Waals surface area contributed by atoms with Gasteiger partial charge in [0.1, 0.15) is 35.7 Å². The molecule has 1 aromatic carbocycles. The van der Waals surface area contributed by atoms with Crippen LogP contribution in [0.4, 0.5) is 11.5 Å². The van der Waals surface area contributed by atoms with Gasteiger partial charge in [0.2, 0.25) is 5.82 Å². The molecule has 5 rings (SSSR count). The molecule has 2 amide bonds. The topological polar surface area (TPSA) is 116 Å². The highest BCUT2D eigenvalue weighted by Gasteiger charge is 2.32. The van der Waals surface area contributed by atoms with Crippen LogP contribution in [0.5, 0.6) is 5.75 Å². The number of carbonyl (C=O) groups excluding carboxylic acids is 2. The van der Waals surface area contributed by atoms with Crippen LogP contribution in [0.1, 0.15) is 34.8 Å². The number of anilines is 2. The first-order chi connectivity index (χ1) is 16.1. The van der Waals surface area contributed by atoms with Gasteiger partial charge in [-0.2, -0.15) is 0 Å². The first kappa shape index (κ1) is 20.9. The van der Waals surface area contributed by atoms with Gasteiger partial charge in [0.05, 0.1) is 6.20 Å². The largest absolute Gasteiger partial charge is 0.488 e. The molecule has 1 atom stereocenters. The number of ether oxygens (including phenoxy) is 1. The second-order valence-electron chi connectivity index (χ2n) is 8.21. The van der Waals surface area contributed by atoms with Gasteiger partial charge >= 0.3 is 0 Å². The average molecular weight is 447 g/mol. The Morgan fingerprint density at radius 1 is 1.24 bits per heavy atom. The molecule has 10 heteroatoms. The summed E-state index contributed by atoms with van der Waals surface area (Å²) in [6, 6.07) is 10.8. The quantitative estimate of drug-likeness (QED) is 0.609. The molecule has 10 nitrogen and oxygen atoms in total. The maximum absolute atomic E-state index is 13.0. The maximum atomic E-state index is 13.0. The first-order valence-electron chi connectivity index (χ1n) is 11.0. The Morgan fingerprint density at radius 3 is 2.82 bits per heavy atom. The summed E-state index contributed by atoms with van der Waals surface area (Å²) in [6.45, 7) is 1.93. The van der Waals surface area contributed by atoms with E-state index in [2.05, 4.69) is 30.4 Å². The van der Waals surface area contributed by atoms with Crippen molar-refractivity contribution in [3.63, 3.8) is 0 Å². The highest BCUT2D eigenvalue weighted by Crippen LogP contribution is 2.33. The standard InChI is InChI=1S/C23H25N7O3/c1-29-17-13-24-20(30-9-5-6-10-30)12-18(17)33-14-16(23(29)32)25-22(31)21-26-19(27-28-21)11-15-7-3-2-4-8-15/h2-4,7-8,12-13,16H,5-6,9-11,14H2,1H3,(H,25,31)(H,26,27,28)/t16-/m0/s1. The minimum absolute atomic E-state index is 0.00661. The summed E-state index contributed by atoms with van der Waals surface area (Å²) in [5.41, 5.74) is 1.62. The molecule has 0 aliphatic carbocycles. The lowest BCUT2D eigenvalue weighted by atomic mass is 10.1. The van der Waals surface area contributed by atoms with Gasteiger partial charge in [0.15, 0.2) is 0 Å². The molecule has 4 heterocycles. The molecule has 2 aromatic heterocycles. The van der Waals surface area contributed by atoms with E-state index in [0.29, 0.717) is 23.7 Å².